The van der Waals surface area contributed by atoms with E-state index in [1.54, 1.807) is 58.0 Å². The van der Waals surface area contributed by atoms with Gasteiger partial charge in [0.05, 0.1) is 25.5 Å². The molecule has 0 aliphatic heterocycles. The molecule has 1 rings (SSSR count). The zero-order valence-electron chi connectivity index (χ0n) is 15.1. The summed E-state index contributed by atoms with van der Waals surface area (Å²) in [7, 11) is -3.54. The van der Waals surface area contributed by atoms with E-state index in [0.29, 0.717) is 5.56 Å². The first-order valence-electron chi connectivity index (χ1n) is 8.25. The Kier molecular flexibility index (Phi) is 8.83. The van der Waals surface area contributed by atoms with E-state index in [1.807, 2.05) is 0 Å². The first-order valence-corrected chi connectivity index (χ1v) is 9.98. The molecule has 0 radical (unpaired) electrons. The van der Waals surface area contributed by atoms with Crippen molar-refractivity contribution in [1.82, 2.24) is 5.32 Å². The molecule has 0 aliphatic rings. The van der Waals surface area contributed by atoms with Crippen LogP contribution in [0.5, 0.6) is 0 Å². The predicted molar refractivity (Wildman–Crippen MR) is 94.6 cm³/mol. The Morgan fingerprint density at radius 2 is 1.64 bits per heavy atom. The topological polar surface area (TPSA) is 90.9 Å². The monoisotopic (exact) mass is 371 g/mol. The molecule has 7 nitrogen and oxygen atoms in total. The van der Waals surface area contributed by atoms with Crippen molar-refractivity contribution >= 4 is 19.5 Å². The lowest BCUT2D eigenvalue weighted by Crippen LogP contribution is -2.45. The first-order chi connectivity index (χ1) is 11.8. The largest absolute Gasteiger partial charge is 0.461 e. The van der Waals surface area contributed by atoms with E-state index in [2.05, 4.69) is 5.32 Å². The average Bonchev–Trinajstić information content (AvgIpc) is 2.54. The van der Waals surface area contributed by atoms with Crippen molar-refractivity contribution < 1.29 is 27.9 Å². The molecule has 1 N–H and O–H groups in total. The number of hydrogen-bond donors (Lipinski definition) is 1. The summed E-state index contributed by atoms with van der Waals surface area (Å²) in [6.07, 6.45) is -0.666. The molecule has 1 atom stereocenters. The molecular weight excluding hydrogens is 345 g/mol. The maximum atomic E-state index is 12.7. The Morgan fingerprint density at radius 3 is 2.12 bits per heavy atom. The van der Waals surface area contributed by atoms with E-state index >= 15 is 0 Å². The van der Waals surface area contributed by atoms with Gasteiger partial charge < -0.3 is 19.1 Å². The number of ether oxygens (including phenoxy) is 1. The maximum Gasteiger partial charge on any atom is 0.333 e. The molecule has 0 aromatic heterocycles. The normalized spacial score (nSPS) is 12.7. The van der Waals surface area contributed by atoms with Gasteiger partial charge in [-0.3, -0.25) is 9.36 Å². The lowest BCUT2D eigenvalue weighted by Gasteiger charge is -2.23. The summed E-state index contributed by atoms with van der Waals surface area (Å²) < 4.78 is 28.3. The van der Waals surface area contributed by atoms with Crippen LogP contribution < -0.4 is 5.32 Å². The Balaban J connectivity index is 2.97. The van der Waals surface area contributed by atoms with Gasteiger partial charge in [-0.05, 0) is 39.8 Å². The highest BCUT2D eigenvalue weighted by Gasteiger charge is 2.35. The highest BCUT2D eigenvalue weighted by molar-refractivity contribution is 7.54. The van der Waals surface area contributed by atoms with Gasteiger partial charge in [-0.15, -0.1) is 0 Å². The molecule has 0 unspecified atom stereocenters. The number of nitrogens with one attached hydrogen (secondary N) is 1. The third-order valence-electron chi connectivity index (χ3n) is 3.04. The van der Waals surface area contributed by atoms with Crippen LogP contribution in [0.3, 0.4) is 0 Å². The van der Waals surface area contributed by atoms with Crippen LogP contribution in [0.4, 0.5) is 0 Å². The predicted octanol–water partition coefficient (Wildman–Crippen LogP) is 3.00. The Hall–Kier alpha value is -1.69. The van der Waals surface area contributed by atoms with Crippen LogP contribution in [0.15, 0.2) is 30.3 Å². The van der Waals surface area contributed by atoms with Gasteiger partial charge in [0.1, 0.15) is 6.04 Å². The number of hydrogen-bond acceptors (Lipinski definition) is 6. The quantitative estimate of drug-likeness (QED) is 0.502. The molecule has 25 heavy (non-hydrogen) atoms. The Bertz CT molecular complexity index is 594. The number of rotatable bonds is 10. The van der Waals surface area contributed by atoms with Gasteiger partial charge in [-0.1, -0.05) is 18.2 Å². The van der Waals surface area contributed by atoms with E-state index in [4.69, 9.17) is 13.8 Å². The van der Waals surface area contributed by atoms with Gasteiger partial charge in [0.25, 0.3) is 5.91 Å². The van der Waals surface area contributed by atoms with E-state index in [9.17, 15) is 14.2 Å². The van der Waals surface area contributed by atoms with E-state index in [1.165, 1.54) is 0 Å². The second-order valence-corrected chi connectivity index (χ2v) is 7.61. The highest BCUT2D eigenvalue weighted by atomic mass is 31.2. The number of esters is 1. The van der Waals surface area contributed by atoms with Gasteiger partial charge >= 0.3 is 13.6 Å². The van der Waals surface area contributed by atoms with Gasteiger partial charge in [0.15, 0.2) is 0 Å². The zero-order chi connectivity index (χ0) is 18.9. The Morgan fingerprint density at radius 1 is 1.08 bits per heavy atom. The highest BCUT2D eigenvalue weighted by Crippen LogP contribution is 2.48. The summed E-state index contributed by atoms with van der Waals surface area (Å²) in [6, 6.07) is 7.29. The lowest BCUT2D eigenvalue weighted by atomic mass is 10.2. The van der Waals surface area contributed by atoms with Crippen molar-refractivity contribution in [2.24, 2.45) is 0 Å². The first kappa shape index (κ1) is 21.4. The SMILES string of the molecule is CCOP(=O)(C[C@@H](NC(=O)c1ccccc1)C(=O)OC(C)C)OCC. The van der Waals surface area contributed by atoms with Crippen molar-refractivity contribution in [3.05, 3.63) is 35.9 Å². The maximum absolute atomic E-state index is 12.7. The summed E-state index contributed by atoms with van der Waals surface area (Å²) in [5.74, 6) is -1.15. The van der Waals surface area contributed by atoms with Gasteiger partial charge in [0, 0.05) is 5.56 Å². The van der Waals surface area contributed by atoms with Crippen LogP contribution in [-0.4, -0.2) is 43.4 Å². The van der Waals surface area contributed by atoms with Crippen LogP contribution in [0.25, 0.3) is 0 Å². The summed E-state index contributed by atoms with van der Waals surface area (Å²) in [6.45, 7) is 7.06. The molecule has 0 saturated heterocycles. The number of amides is 1. The molecule has 0 saturated carbocycles. The molecule has 0 heterocycles. The summed E-state index contributed by atoms with van der Waals surface area (Å²) >= 11 is 0. The summed E-state index contributed by atoms with van der Waals surface area (Å²) in [5, 5.41) is 2.57. The second kappa shape index (κ2) is 10.3. The molecule has 0 spiro atoms. The molecule has 0 fully saturated rings. The lowest BCUT2D eigenvalue weighted by molar-refractivity contribution is -0.149. The zero-order valence-corrected chi connectivity index (χ0v) is 16.0. The molecular formula is C17H26NO6P. The molecule has 0 aliphatic carbocycles. The van der Waals surface area contributed by atoms with Crippen LogP contribution in [-0.2, 0) is 23.1 Å². The van der Waals surface area contributed by atoms with Gasteiger partial charge in [0.2, 0.25) is 0 Å². The fourth-order valence-electron chi connectivity index (χ4n) is 2.08. The van der Waals surface area contributed by atoms with Crippen molar-refractivity contribution in [2.75, 3.05) is 19.4 Å². The average molecular weight is 371 g/mol. The summed E-state index contributed by atoms with van der Waals surface area (Å²) in [5.41, 5.74) is 0.382. The van der Waals surface area contributed by atoms with Crippen molar-refractivity contribution in [2.45, 2.75) is 39.8 Å². The van der Waals surface area contributed by atoms with Crippen molar-refractivity contribution in [3.8, 4) is 0 Å². The second-order valence-electron chi connectivity index (χ2n) is 5.51. The molecule has 1 aromatic rings. The third-order valence-corrected chi connectivity index (χ3v) is 5.15. The minimum Gasteiger partial charge on any atom is -0.461 e. The molecule has 0 bridgehead atoms. The van der Waals surface area contributed by atoms with Crippen LogP contribution >= 0.6 is 7.60 Å². The van der Waals surface area contributed by atoms with Crippen molar-refractivity contribution in [1.29, 1.82) is 0 Å². The Labute approximate surface area is 148 Å². The minimum absolute atomic E-state index is 0.163. The smallest absolute Gasteiger partial charge is 0.333 e. The van der Waals surface area contributed by atoms with Crippen LogP contribution in [0, 0.1) is 0 Å². The fourth-order valence-corrected chi connectivity index (χ4v) is 3.84. The summed E-state index contributed by atoms with van der Waals surface area (Å²) in [4.78, 5) is 24.7. The number of benzene rings is 1. The van der Waals surface area contributed by atoms with E-state index in [0.717, 1.165) is 0 Å². The number of carbonyl (C=O) groups excluding carboxylic acids is 2. The van der Waals surface area contributed by atoms with Crippen LogP contribution in [0.1, 0.15) is 38.1 Å². The van der Waals surface area contributed by atoms with E-state index < -0.39 is 25.5 Å². The van der Waals surface area contributed by atoms with Gasteiger partial charge in [-0.25, -0.2) is 4.79 Å². The standard InChI is InChI=1S/C17H26NO6P/c1-5-22-25(21,23-6-2)12-15(17(20)24-13(3)4)18-16(19)14-10-8-7-9-11-14/h7-11,13,15H,5-6,12H2,1-4H3,(H,18,19)/t15-/m1/s1. The van der Waals surface area contributed by atoms with E-state index in [-0.39, 0.29) is 25.5 Å². The van der Waals surface area contributed by atoms with Gasteiger partial charge in [-0.2, -0.15) is 0 Å². The molecule has 1 aromatic carbocycles. The molecule has 140 valence electrons. The third kappa shape index (κ3) is 7.38. The van der Waals surface area contributed by atoms with Crippen molar-refractivity contribution in [3.63, 3.8) is 0 Å². The minimum atomic E-state index is -3.54. The van der Waals surface area contributed by atoms with Crippen LogP contribution in [0.2, 0.25) is 0 Å². The fraction of sp³-hybridized carbons (Fsp3) is 0.529. The molecule has 1 amide bonds. The molecule has 8 heteroatoms. The number of carbonyl (C=O) groups is 2.